The Hall–Kier alpha value is -2.80. The maximum absolute atomic E-state index is 12.9. The molecule has 0 radical (unpaired) electrons. The number of anilines is 2. The van der Waals surface area contributed by atoms with Gasteiger partial charge in [-0.3, -0.25) is 9.78 Å². The predicted molar refractivity (Wildman–Crippen MR) is 112 cm³/mol. The van der Waals surface area contributed by atoms with E-state index < -0.39 is 0 Å². The predicted octanol–water partition coefficient (Wildman–Crippen LogP) is 2.03. The fourth-order valence-corrected chi connectivity index (χ4v) is 3.30. The van der Waals surface area contributed by atoms with Gasteiger partial charge in [-0.15, -0.1) is 0 Å². The van der Waals surface area contributed by atoms with Gasteiger partial charge in [0.15, 0.2) is 0 Å². The molecule has 1 aromatic carbocycles. The van der Waals surface area contributed by atoms with Crippen molar-refractivity contribution in [2.45, 2.75) is 0 Å². The summed E-state index contributed by atoms with van der Waals surface area (Å²) >= 11 is 0. The van der Waals surface area contributed by atoms with Crippen LogP contribution in [0.5, 0.6) is 5.75 Å². The molecule has 2 heterocycles. The number of benzene rings is 1. The number of carbonyl (C=O) groups excluding carboxylic acids is 1. The summed E-state index contributed by atoms with van der Waals surface area (Å²) in [4.78, 5) is 23.4. The van der Waals surface area contributed by atoms with E-state index in [2.05, 4.69) is 26.2 Å². The summed E-state index contributed by atoms with van der Waals surface area (Å²) < 4.78 is 5.46. The van der Waals surface area contributed by atoms with Crippen LogP contribution < -0.4 is 15.0 Å². The number of amides is 1. The number of likely N-dealkylation sites (N-methyl/N-ethyl adjacent to an activating group) is 1. The van der Waals surface area contributed by atoms with Crippen LogP contribution in [0.25, 0.3) is 0 Å². The summed E-state index contributed by atoms with van der Waals surface area (Å²) in [5.41, 5.74) is 2.58. The number of pyridine rings is 1. The average molecular weight is 383 g/mol. The Balaban J connectivity index is 1.59. The first kappa shape index (κ1) is 19.9. The Morgan fingerprint density at radius 2 is 1.93 bits per heavy atom. The Kier molecular flexibility index (Phi) is 6.71. The van der Waals surface area contributed by atoms with Crippen LogP contribution in [0.2, 0.25) is 0 Å². The molecule has 28 heavy (non-hydrogen) atoms. The molecule has 1 amide bonds. The first-order chi connectivity index (χ1) is 13.6. The highest BCUT2D eigenvalue weighted by atomic mass is 16.5. The second-order valence-corrected chi connectivity index (χ2v) is 7.14. The van der Waals surface area contributed by atoms with Crippen LogP contribution in [0, 0.1) is 0 Å². The molecule has 0 saturated carbocycles. The molecule has 1 aliphatic heterocycles. The minimum Gasteiger partial charge on any atom is -0.495 e. The molecule has 7 heteroatoms. The van der Waals surface area contributed by atoms with Crippen molar-refractivity contribution in [3.8, 4) is 5.75 Å². The summed E-state index contributed by atoms with van der Waals surface area (Å²) in [7, 11) is 5.75. The molecule has 3 rings (SSSR count). The van der Waals surface area contributed by atoms with Crippen molar-refractivity contribution in [2.75, 3.05) is 70.7 Å². The van der Waals surface area contributed by atoms with E-state index in [1.807, 2.05) is 43.3 Å². The summed E-state index contributed by atoms with van der Waals surface area (Å²) in [5, 5.41) is 3.32. The van der Waals surface area contributed by atoms with E-state index >= 15 is 0 Å². The average Bonchev–Trinajstić information content (AvgIpc) is 2.73. The van der Waals surface area contributed by atoms with Gasteiger partial charge in [-0.25, -0.2) is 0 Å². The number of ether oxygens (including phenoxy) is 1. The number of rotatable bonds is 7. The molecule has 2 aromatic rings. The lowest BCUT2D eigenvalue weighted by Crippen LogP contribution is -2.48. The minimum absolute atomic E-state index is 0.0310. The molecule has 1 aromatic heterocycles. The van der Waals surface area contributed by atoms with E-state index in [0.29, 0.717) is 18.7 Å². The molecule has 1 fully saturated rings. The minimum atomic E-state index is 0.0310. The number of nitrogens with zero attached hydrogens (tertiary/aromatic N) is 4. The first-order valence-electron chi connectivity index (χ1n) is 9.59. The highest BCUT2D eigenvalue weighted by molar-refractivity contribution is 5.95. The number of carbonyl (C=O) groups is 1. The molecule has 7 nitrogen and oxygen atoms in total. The van der Waals surface area contributed by atoms with Gasteiger partial charge in [0.05, 0.1) is 24.0 Å². The summed E-state index contributed by atoms with van der Waals surface area (Å²) in [6, 6.07) is 9.89. The number of para-hydroxylation sites is 2. The van der Waals surface area contributed by atoms with Crippen LogP contribution >= 0.6 is 0 Å². The summed E-state index contributed by atoms with van der Waals surface area (Å²) in [5.74, 6) is 0.895. The fraction of sp³-hybridized carbons (Fsp3) is 0.429. The van der Waals surface area contributed by atoms with Gasteiger partial charge in [0, 0.05) is 51.7 Å². The van der Waals surface area contributed by atoms with Gasteiger partial charge in [-0.05, 0) is 32.3 Å². The van der Waals surface area contributed by atoms with Crippen LogP contribution in [0.15, 0.2) is 42.7 Å². The summed E-state index contributed by atoms with van der Waals surface area (Å²) in [6.07, 6.45) is 3.40. The van der Waals surface area contributed by atoms with Gasteiger partial charge >= 0.3 is 0 Å². The van der Waals surface area contributed by atoms with Crippen LogP contribution in [0.3, 0.4) is 0 Å². The first-order valence-corrected chi connectivity index (χ1v) is 9.59. The van der Waals surface area contributed by atoms with E-state index in [-0.39, 0.29) is 5.91 Å². The molecule has 0 spiro atoms. The van der Waals surface area contributed by atoms with Crippen molar-refractivity contribution in [1.82, 2.24) is 14.8 Å². The number of hydrogen-bond acceptors (Lipinski definition) is 6. The lowest BCUT2D eigenvalue weighted by atomic mass is 10.2. The van der Waals surface area contributed by atoms with Gasteiger partial charge in [0.2, 0.25) is 0 Å². The van der Waals surface area contributed by atoms with E-state index in [9.17, 15) is 4.79 Å². The van der Waals surface area contributed by atoms with Crippen LogP contribution in [-0.4, -0.2) is 81.2 Å². The molecule has 1 aliphatic rings. The molecule has 1 saturated heterocycles. The molecule has 0 bridgehead atoms. The van der Waals surface area contributed by atoms with Gasteiger partial charge in [0.25, 0.3) is 5.91 Å². The molecule has 0 unspecified atom stereocenters. The third-order valence-corrected chi connectivity index (χ3v) is 4.87. The Morgan fingerprint density at radius 1 is 1.18 bits per heavy atom. The van der Waals surface area contributed by atoms with Gasteiger partial charge in [0.1, 0.15) is 5.75 Å². The van der Waals surface area contributed by atoms with Crippen molar-refractivity contribution in [3.63, 3.8) is 0 Å². The third kappa shape index (κ3) is 4.92. The van der Waals surface area contributed by atoms with E-state index in [0.717, 1.165) is 43.3 Å². The highest BCUT2D eigenvalue weighted by Gasteiger charge is 2.24. The number of hydrogen-bond donors (Lipinski definition) is 1. The Morgan fingerprint density at radius 3 is 2.64 bits per heavy atom. The van der Waals surface area contributed by atoms with Crippen molar-refractivity contribution in [1.29, 1.82) is 0 Å². The summed E-state index contributed by atoms with van der Waals surface area (Å²) in [6.45, 7) is 4.64. The fourth-order valence-electron chi connectivity index (χ4n) is 3.30. The normalized spacial score (nSPS) is 14.3. The largest absolute Gasteiger partial charge is 0.495 e. The van der Waals surface area contributed by atoms with Crippen molar-refractivity contribution in [2.24, 2.45) is 0 Å². The van der Waals surface area contributed by atoms with Crippen molar-refractivity contribution in [3.05, 3.63) is 48.3 Å². The number of nitrogens with one attached hydrogen (secondary N) is 1. The molecule has 0 atom stereocenters. The van der Waals surface area contributed by atoms with Crippen LogP contribution in [-0.2, 0) is 0 Å². The molecular formula is C21H29N5O2. The van der Waals surface area contributed by atoms with Crippen molar-refractivity contribution < 1.29 is 9.53 Å². The zero-order valence-electron chi connectivity index (χ0n) is 16.9. The van der Waals surface area contributed by atoms with Crippen molar-refractivity contribution >= 4 is 17.3 Å². The maximum atomic E-state index is 12.9. The van der Waals surface area contributed by atoms with Gasteiger partial charge in [-0.2, -0.15) is 0 Å². The lowest BCUT2D eigenvalue weighted by Gasteiger charge is -2.36. The number of aromatic nitrogens is 1. The quantitative estimate of drug-likeness (QED) is 0.789. The second kappa shape index (κ2) is 9.41. The lowest BCUT2D eigenvalue weighted by molar-refractivity contribution is 0.0746. The van der Waals surface area contributed by atoms with Gasteiger partial charge < -0.3 is 24.8 Å². The standard InChI is InChI=1S/C21H29N5O2/c1-24(2)9-8-23-18-14-17(15-22-16-18)21(27)26-12-10-25(11-13-26)19-6-4-5-7-20(19)28-3/h4-7,14-16,23H,8-13H2,1-3H3. The van der Waals surface area contributed by atoms with Crippen LogP contribution in [0.4, 0.5) is 11.4 Å². The topological polar surface area (TPSA) is 60.9 Å². The zero-order chi connectivity index (χ0) is 19.9. The Labute approximate surface area is 166 Å². The Bertz CT molecular complexity index is 788. The monoisotopic (exact) mass is 383 g/mol. The number of piperazine rings is 1. The van der Waals surface area contributed by atoms with E-state index in [1.165, 1.54) is 0 Å². The molecule has 150 valence electrons. The van der Waals surface area contributed by atoms with Crippen LogP contribution in [0.1, 0.15) is 10.4 Å². The molecule has 1 N–H and O–H groups in total. The maximum Gasteiger partial charge on any atom is 0.255 e. The third-order valence-electron chi connectivity index (χ3n) is 4.87. The second-order valence-electron chi connectivity index (χ2n) is 7.14. The highest BCUT2D eigenvalue weighted by Crippen LogP contribution is 2.28. The van der Waals surface area contributed by atoms with E-state index in [4.69, 9.17) is 4.74 Å². The van der Waals surface area contributed by atoms with Gasteiger partial charge in [-0.1, -0.05) is 12.1 Å². The van der Waals surface area contributed by atoms with E-state index in [1.54, 1.807) is 19.5 Å². The number of methoxy groups -OCH3 is 1. The smallest absolute Gasteiger partial charge is 0.255 e. The SMILES string of the molecule is COc1ccccc1N1CCN(C(=O)c2cncc(NCCN(C)C)c2)CC1. The molecular weight excluding hydrogens is 354 g/mol. The molecule has 0 aliphatic carbocycles. The zero-order valence-corrected chi connectivity index (χ0v) is 16.9.